The van der Waals surface area contributed by atoms with Gasteiger partial charge in [0.05, 0.1) is 14.2 Å². The lowest BCUT2D eigenvalue weighted by molar-refractivity contribution is 0.212. The molecule has 0 aromatic heterocycles. The Morgan fingerprint density at radius 1 is 0.818 bits per heavy atom. The van der Waals surface area contributed by atoms with E-state index in [1.165, 1.54) is 22.8 Å². The average Bonchev–Trinajstić information content (AvgIpc) is 2.82. The Balaban J connectivity index is 1.91. The highest BCUT2D eigenvalue weighted by Gasteiger charge is 2.40. The van der Waals surface area contributed by atoms with Gasteiger partial charge in [-0.2, -0.15) is 8.61 Å². The number of hydrogen-bond donors (Lipinski definition) is 0. The second-order valence-electron chi connectivity index (χ2n) is 8.01. The van der Waals surface area contributed by atoms with Crippen LogP contribution in [0, 0.1) is 0 Å². The second kappa shape index (κ2) is 10.0. The summed E-state index contributed by atoms with van der Waals surface area (Å²) in [4.78, 5) is 0.204. The summed E-state index contributed by atoms with van der Waals surface area (Å²) >= 11 is 0. The van der Waals surface area contributed by atoms with Crippen LogP contribution in [-0.4, -0.2) is 65.3 Å². The number of hydrogen-bond acceptors (Lipinski definition) is 6. The first-order valence-electron chi connectivity index (χ1n) is 11.0. The maximum Gasteiger partial charge on any atom is 0.247 e. The van der Waals surface area contributed by atoms with E-state index in [9.17, 15) is 16.8 Å². The van der Waals surface area contributed by atoms with Crippen LogP contribution in [0.3, 0.4) is 0 Å². The summed E-state index contributed by atoms with van der Waals surface area (Å²) in [5.74, 6) is 0.548. The van der Waals surface area contributed by atoms with Crippen molar-refractivity contribution in [1.29, 1.82) is 0 Å². The molecule has 3 rings (SSSR count). The van der Waals surface area contributed by atoms with Gasteiger partial charge in [0.15, 0.2) is 0 Å². The van der Waals surface area contributed by atoms with Crippen molar-refractivity contribution < 1.29 is 26.3 Å². The van der Waals surface area contributed by atoms with Gasteiger partial charge >= 0.3 is 0 Å². The fraction of sp³-hybridized carbons (Fsp3) is 0.478. The van der Waals surface area contributed by atoms with Crippen molar-refractivity contribution >= 4 is 20.0 Å². The van der Waals surface area contributed by atoms with Crippen LogP contribution in [0.2, 0.25) is 0 Å². The quantitative estimate of drug-likeness (QED) is 0.558. The molecule has 0 unspecified atom stereocenters. The molecule has 10 heteroatoms. The molecular formula is C23H32N2O6S2. The van der Waals surface area contributed by atoms with Gasteiger partial charge in [-0.1, -0.05) is 26.0 Å². The molecule has 0 N–H and O–H groups in total. The zero-order chi connectivity index (χ0) is 24.4. The van der Waals surface area contributed by atoms with Crippen LogP contribution in [0.1, 0.15) is 31.9 Å². The molecule has 1 fully saturated rings. The first kappa shape index (κ1) is 25.5. The fourth-order valence-electron chi connectivity index (χ4n) is 4.03. The highest BCUT2D eigenvalue weighted by molar-refractivity contribution is 7.89. The second-order valence-corrected chi connectivity index (χ2v) is 11.8. The Morgan fingerprint density at radius 2 is 1.30 bits per heavy atom. The van der Waals surface area contributed by atoms with Crippen LogP contribution in [-0.2, 0) is 32.9 Å². The number of methoxy groups -OCH3 is 2. The van der Waals surface area contributed by atoms with Crippen molar-refractivity contribution in [1.82, 2.24) is 8.61 Å². The molecule has 1 aliphatic heterocycles. The van der Waals surface area contributed by atoms with Crippen LogP contribution >= 0.6 is 0 Å². The van der Waals surface area contributed by atoms with Crippen LogP contribution in [0.15, 0.2) is 46.2 Å². The summed E-state index contributed by atoms with van der Waals surface area (Å²) in [5.41, 5.74) is 1.76. The lowest BCUT2D eigenvalue weighted by Gasteiger charge is -2.38. The van der Waals surface area contributed by atoms with Crippen LogP contribution in [0.25, 0.3) is 0 Å². The van der Waals surface area contributed by atoms with Gasteiger partial charge in [0.2, 0.25) is 20.0 Å². The number of piperazine rings is 1. The van der Waals surface area contributed by atoms with E-state index in [0.29, 0.717) is 12.8 Å². The molecule has 0 bridgehead atoms. The molecule has 1 heterocycles. The predicted molar refractivity (Wildman–Crippen MR) is 127 cm³/mol. The van der Waals surface area contributed by atoms with E-state index in [2.05, 4.69) is 0 Å². The maximum absolute atomic E-state index is 13.5. The van der Waals surface area contributed by atoms with E-state index in [1.54, 1.807) is 31.2 Å². The molecule has 0 radical (unpaired) electrons. The molecule has 0 amide bonds. The summed E-state index contributed by atoms with van der Waals surface area (Å²) in [6.45, 7) is 5.74. The largest absolute Gasteiger partial charge is 0.495 e. The predicted octanol–water partition coefficient (Wildman–Crippen LogP) is 2.91. The number of benzene rings is 2. The molecule has 1 saturated heterocycles. The molecule has 0 aliphatic carbocycles. The molecule has 0 saturated carbocycles. The zero-order valence-electron chi connectivity index (χ0n) is 19.7. The zero-order valence-corrected chi connectivity index (χ0v) is 21.4. The normalized spacial score (nSPS) is 18.3. The molecule has 1 aliphatic rings. The van der Waals surface area contributed by atoms with Gasteiger partial charge in [-0.15, -0.1) is 0 Å². The van der Waals surface area contributed by atoms with E-state index in [0.717, 1.165) is 11.1 Å². The smallest absolute Gasteiger partial charge is 0.247 e. The molecule has 182 valence electrons. The fourth-order valence-corrected chi connectivity index (χ4v) is 7.57. The molecule has 2 aromatic rings. The van der Waals surface area contributed by atoms with E-state index >= 15 is 0 Å². The minimum Gasteiger partial charge on any atom is -0.495 e. The summed E-state index contributed by atoms with van der Waals surface area (Å²) in [5, 5.41) is 0. The molecule has 1 atom stereocenters. The summed E-state index contributed by atoms with van der Waals surface area (Å²) < 4.78 is 67.2. The first-order valence-corrected chi connectivity index (χ1v) is 13.8. The lowest BCUT2D eigenvalue weighted by Crippen LogP contribution is -2.55. The van der Waals surface area contributed by atoms with Crippen molar-refractivity contribution in [3.8, 4) is 11.5 Å². The van der Waals surface area contributed by atoms with Crippen molar-refractivity contribution in [2.75, 3.05) is 33.9 Å². The van der Waals surface area contributed by atoms with Gasteiger partial charge in [0, 0.05) is 25.7 Å². The summed E-state index contributed by atoms with van der Waals surface area (Å²) in [6.07, 6.45) is 1.38. The number of rotatable bonds is 8. The Kier molecular flexibility index (Phi) is 7.73. The molecule has 2 aromatic carbocycles. The minimum atomic E-state index is -3.88. The highest BCUT2D eigenvalue weighted by atomic mass is 32.2. The number of sulfonamides is 2. The van der Waals surface area contributed by atoms with Crippen molar-refractivity contribution in [3.05, 3.63) is 47.5 Å². The van der Waals surface area contributed by atoms with Gasteiger partial charge in [0.25, 0.3) is 0 Å². The van der Waals surface area contributed by atoms with E-state index in [4.69, 9.17) is 9.47 Å². The van der Waals surface area contributed by atoms with Crippen molar-refractivity contribution in [3.63, 3.8) is 0 Å². The van der Waals surface area contributed by atoms with E-state index < -0.39 is 26.1 Å². The van der Waals surface area contributed by atoms with Gasteiger partial charge < -0.3 is 9.47 Å². The van der Waals surface area contributed by atoms with Gasteiger partial charge in [-0.3, -0.25) is 0 Å². The third-order valence-electron chi connectivity index (χ3n) is 6.01. The highest BCUT2D eigenvalue weighted by Crippen LogP contribution is 2.33. The number of ether oxygens (including phenoxy) is 2. The standard InChI is InChI=1S/C23H32N2O6S2/c1-6-18-8-10-20(30-4)22(14-18)32(26,27)24-12-13-25(17(3)16-24)33(28,29)23-15-19(7-2)9-11-21(23)31-5/h8-11,14-15,17H,6-7,12-13,16H2,1-5H3/t17-/m1/s1. The van der Waals surface area contributed by atoms with Crippen LogP contribution in [0.4, 0.5) is 0 Å². The van der Waals surface area contributed by atoms with Gasteiger partial charge in [-0.05, 0) is 55.2 Å². The number of nitrogens with zero attached hydrogens (tertiary/aromatic N) is 2. The molecule has 0 spiro atoms. The van der Waals surface area contributed by atoms with Crippen LogP contribution in [0.5, 0.6) is 11.5 Å². The summed E-state index contributed by atoms with van der Waals surface area (Å²) in [6, 6.07) is 9.68. The third-order valence-corrected chi connectivity index (χ3v) is 9.93. The monoisotopic (exact) mass is 496 g/mol. The Labute approximate surface area is 197 Å². The Hall–Kier alpha value is -2.14. The average molecular weight is 497 g/mol. The molecule has 33 heavy (non-hydrogen) atoms. The third kappa shape index (κ3) is 4.89. The Bertz CT molecular complexity index is 1210. The Morgan fingerprint density at radius 3 is 1.73 bits per heavy atom. The van der Waals surface area contributed by atoms with E-state index in [1.807, 2.05) is 26.0 Å². The van der Waals surface area contributed by atoms with Crippen LogP contribution < -0.4 is 9.47 Å². The maximum atomic E-state index is 13.5. The lowest BCUT2D eigenvalue weighted by atomic mass is 10.2. The van der Waals surface area contributed by atoms with Gasteiger partial charge in [0.1, 0.15) is 21.3 Å². The SMILES string of the molecule is CCc1ccc(OC)c(S(=O)(=O)N2CCN(S(=O)(=O)c3cc(CC)ccc3OC)[C@H](C)C2)c1. The van der Waals surface area contributed by atoms with Crippen molar-refractivity contribution in [2.45, 2.75) is 49.4 Å². The molecule has 8 nitrogen and oxygen atoms in total. The minimum absolute atomic E-state index is 0.0385. The number of aryl methyl sites for hydroxylation is 2. The first-order chi connectivity index (χ1) is 15.6. The van der Waals surface area contributed by atoms with Gasteiger partial charge in [-0.25, -0.2) is 16.8 Å². The topological polar surface area (TPSA) is 93.2 Å². The van der Waals surface area contributed by atoms with E-state index in [-0.39, 0.29) is 40.9 Å². The molecular weight excluding hydrogens is 464 g/mol. The summed E-state index contributed by atoms with van der Waals surface area (Å²) in [7, 11) is -4.88. The van der Waals surface area contributed by atoms with Crippen molar-refractivity contribution in [2.24, 2.45) is 0 Å².